The Hall–Kier alpha value is -3.13. The van der Waals surface area contributed by atoms with Crippen LogP contribution in [-0.2, 0) is 6.42 Å². The van der Waals surface area contributed by atoms with Crippen molar-refractivity contribution < 1.29 is 23.7 Å². The molecule has 3 rings (SSSR count). The fraction of sp³-hybridized carbons (Fsp3) is 0.391. The maximum atomic E-state index is 12.8. The maximum absolute atomic E-state index is 12.8. The molecule has 0 aliphatic heterocycles. The van der Waals surface area contributed by atoms with Crippen LogP contribution in [0.15, 0.2) is 23.0 Å². The molecule has 0 radical (unpaired) electrons. The molecule has 0 aromatic heterocycles. The van der Waals surface area contributed by atoms with E-state index in [1.54, 1.807) is 26.2 Å². The van der Waals surface area contributed by atoms with E-state index in [1.165, 1.54) is 39.4 Å². The first-order valence-electron chi connectivity index (χ1n) is 9.99. The van der Waals surface area contributed by atoms with Gasteiger partial charge in [-0.2, -0.15) is 0 Å². The summed E-state index contributed by atoms with van der Waals surface area (Å²) in [5.74, 6) is 1.33. The Morgan fingerprint density at radius 1 is 1.03 bits per heavy atom. The smallest absolute Gasteiger partial charge is 0.317 e. The average molecular weight is 463 g/mol. The number of hydrogen-bond acceptors (Lipinski definition) is 6. The number of fused-ring (bicyclic) bond motifs is 3. The van der Waals surface area contributed by atoms with E-state index >= 15 is 0 Å². The second kappa shape index (κ2) is 9.56. The van der Waals surface area contributed by atoms with Gasteiger partial charge in [0, 0.05) is 19.7 Å². The topological polar surface area (TPSA) is 86.3 Å². The number of nitrogens with one attached hydrogen (secondary N) is 1. The summed E-state index contributed by atoms with van der Waals surface area (Å²) < 4.78 is 22.1. The van der Waals surface area contributed by atoms with Gasteiger partial charge >= 0.3 is 6.03 Å². The van der Waals surface area contributed by atoms with E-state index in [2.05, 4.69) is 5.32 Å². The summed E-state index contributed by atoms with van der Waals surface area (Å²) in [6.45, 7) is 0. The van der Waals surface area contributed by atoms with E-state index < -0.39 is 6.04 Å². The second-order valence-corrected chi connectivity index (χ2v) is 7.86. The molecule has 1 aliphatic rings. The van der Waals surface area contributed by atoms with Crippen molar-refractivity contribution in [1.29, 1.82) is 0 Å². The highest BCUT2D eigenvalue weighted by Gasteiger charge is 2.32. The van der Waals surface area contributed by atoms with Crippen molar-refractivity contribution in [3.63, 3.8) is 0 Å². The van der Waals surface area contributed by atoms with Crippen LogP contribution in [0.1, 0.15) is 23.6 Å². The van der Waals surface area contributed by atoms with Crippen molar-refractivity contribution in [2.45, 2.75) is 18.9 Å². The molecule has 0 fully saturated rings. The quantitative estimate of drug-likeness (QED) is 0.729. The number of ether oxygens (including phenoxy) is 4. The molecule has 1 atom stereocenters. The standard InChI is InChI=1S/C23H27ClN2O6/c1-26(2)23(28)25-15-9-7-13-18(12-8-10-17(29-3)16(27)11-14(12)15)20(30-4)22(32-6)21(31-5)19(13)24/h8,10-11,15H,7,9H2,1-6H3,(H,25,28)/t15-/m0/s1. The van der Waals surface area contributed by atoms with Crippen molar-refractivity contribution in [3.8, 4) is 34.1 Å². The third-order valence-corrected chi connectivity index (χ3v) is 5.91. The summed E-state index contributed by atoms with van der Waals surface area (Å²) in [4.78, 5) is 26.8. The molecule has 0 bridgehead atoms. The summed E-state index contributed by atoms with van der Waals surface area (Å²) >= 11 is 6.76. The third-order valence-electron chi connectivity index (χ3n) is 5.51. The second-order valence-electron chi connectivity index (χ2n) is 7.48. The number of methoxy groups -OCH3 is 4. The SMILES string of the molecule is COc1c(Cl)c2c(c(OC)c1OC)-c1ccc(OC)c(=O)cc1[C@@H](NC(=O)N(C)C)CC2. The fourth-order valence-electron chi connectivity index (χ4n) is 3.97. The van der Waals surface area contributed by atoms with Gasteiger partial charge in [-0.15, -0.1) is 0 Å². The fourth-order valence-corrected chi connectivity index (χ4v) is 4.32. The van der Waals surface area contributed by atoms with Gasteiger partial charge in [-0.1, -0.05) is 17.7 Å². The molecule has 1 aliphatic carbocycles. The van der Waals surface area contributed by atoms with Gasteiger partial charge in [0.05, 0.1) is 39.5 Å². The van der Waals surface area contributed by atoms with E-state index in [9.17, 15) is 9.59 Å². The van der Waals surface area contributed by atoms with Crippen molar-refractivity contribution in [3.05, 3.63) is 44.6 Å². The number of benzene rings is 1. The minimum atomic E-state index is -0.449. The predicted octanol–water partition coefficient (Wildman–Crippen LogP) is 3.66. The van der Waals surface area contributed by atoms with Crippen molar-refractivity contribution in [1.82, 2.24) is 10.2 Å². The Labute approximate surface area is 192 Å². The normalized spacial score (nSPS) is 14.4. The first kappa shape index (κ1) is 23.5. The van der Waals surface area contributed by atoms with Gasteiger partial charge < -0.3 is 29.2 Å². The average Bonchev–Trinajstić information content (AvgIpc) is 3.02. The molecule has 0 saturated heterocycles. The summed E-state index contributed by atoms with van der Waals surface area (Å²) in [5.41, 5.74) is 2.48. The molecule has 32 heavy (non-hydrogen) atoms. The lowest BCUT2D eigenvalue weighted by Crippen LogP contribution is -2.37. The molecule has 2 aromatic carbocycles. The molecule has 8 nitrogen and oxygen atoms in total. The van der Waals surface area contributed by atoms with Gasteiger partial charge in [0.15, 0.2) is 17.2 Å². The van der Waals surface area contributed by atoms with Crippen molar-refractivity contribution >= 4 is 17.6 Å². The monoisotopic (exact) mass is 462 g/mol. The maximum Gasteiger partial charge on any atom is 0.317 e. The molecule has 0 saturated carbocycles. The van der Waals surface area contributed by atoms with Gasteiger partial charge in [-0.3, -0.25) is 4.79 Å². The first-order chi connectivity index (χ1) is 15.3. The molecule has 172 valence electrons. The highest BCUT2D eigenvalue weighted by Crippen LogP contribution is 2.54. The van der Waals surface area contributed by atoms with E-state index in [0.29, 0.717) is 51.8 Å². The Kier molecular flexibility index (Phi) is 7.03. The van der Waals surface area contributed by atoms with Crippen LogP contribution in [0, 0.1) is 0 Å². The van der Waals surface area contributed by atoms with Crippen LogP contribution >= 0.6 is 11.6 Å². The zero-order valence-corrected chi connectivity index (χ0v) is 19.8. The molecular weight excluding hydrogens is 436 g/mol. The van der Waals surface area contributed by atoms with Crippen LogP contribution < -0.4 is 29.7 Å². The van der Waals surface area contributed by atoms with E-state index in [4.69, 9.17) is 30.5 Å². The Balaban J connectivity index is 2.42. The summed E-state index contributed by atoms with van der Waals surface area (Å²) in [6, 6.07) is 4.15. The number of rotatable bonds is 5. The Morgan fingerprint density at radius 2 is 1.69 bits per heavy atom. The van der Waals surface area contributed by atoms with Gasteiger partial charge in [0.2, 0.25) is 11.2 Å². The highest BCUT2D eigenvalue weighted by molar-refractivity contribution is 6.34. The Morgan fingerprint density at radius 3 is 2.25 bits per heavy atom. The molecule has 1 N–H and O–H groups in total. The zero-order chi connectivity index (χ0) is 23.6. The highest BCUT2D eigenvalue weighted by atomic mass is 35.5. The summed E-state index contributed by atoms with van der Waals surface area (Å²) in [5, 5.41) is 3.40. The molecular formula is C23H27ClN2O6. The van der Waals surface area contributed by atoms with Crippen LogP contribution in [0.4, 0.5) is 4.79 Å². The molecule has 0 heterocycles. The Bertz CT molecular complexity index is 1100. The van der Waals surface area contributed by atoms with Gasteiger partial charge in [-0.25, -0.2) is 4.79 Å². The largest absolute Gasteiger partial charge is 0.493 e. The molecule has 2 amide bonds. The number of nitrogens with zero attached hydrogens (tertiary/aromatic N) is 1. The van der Waals surface area contributed by atoms with Gasteiger partial charge in [0.1, 0.15) is 0 Å². The molecule has 9 heteroatoms. The van der Waals surface area contributed by atoms with Crippen LogP contribution in [0.2, 0.25) is 5.02 Å². The molecule has 0 unspecified atom stereocenters. The van der Waals surface area contributed by atoms with Crippen LogP contribution in [0.5, 0.6) is 23.0 Å². The van der Waals surface area contributed by atoms with E-state index in [1.807, 2.05) is 0 Å². The van der Waals surface area contributed by atoms with Crippen molar-refractivity contribution in [2.24, 2.45) is 0 Å². The number of halogens is 1. The van der Waals surface area contributed by atoms with Gasteiger partial charge in [-0.05, 0) is 41.7 Å². The molecule has 0 spiro atoms. The third kappa shape index (κ3) is 4.02. The first-order valence-corrected chi connectivity index (χ1v) is 10.4. The summed E-state index contributed by atoms with van der Waals surface area (Å²) in [7, 11) is 9.30. The van der Waals surface area contributed by atoms with Crippen LogP contribution in [0.3, 0.4) is 0 Å². The number of amides is 2. The number of hydrogen-bond donors (Lipinski definition) is 1. The lowest BCUT2D eigenvalue weighted by molar-refractivity contribution is 0.212. The van der Waals surface area contributed by atoms with E-state index in [0.717, 1.165) is 5.56 Å². The number of carbonyl (C=O) groups is 1. The lowest BCUT2D eigenvalue weighted by Gasteiger charge is -2.22. The number of urea groups is 1. The lowest BCUT2D eigenvalue weighted by atomic mass is 9.95. The minimum Gasteiger partial charge on any atom is -0.493 e. The van der Waals surface area contributed by atoms with Crippen LogP contribution in [-0.4, -0.2) is 53.5 Å². The van der Waals surface area contributed by atoms with E-state index in [-0.39, 0.29) is 17.2 Å². The summed E-state index contributed by atoms with van der Waals surface area (Å²) in [6.07, 6.45) is 1.01. The predicted molar refractivity (Wildman–Crippen MR) is 123 cm³/mol. The van der Waals surface area contributed by atoms with Crippen molar-refractivity contribution in [2.75, 3.05) is 42.5 Å². The zero-order valence-electron chi connectivity index (χ0n) is 19.0. The van der Waals surface area contributed by atoms with Crippen LogP contribution in [0.25, 0.3) is 11.1 Å². The number of carbonyl (C=O) groups excluding carboxylic acids is 1. The molecule has 2 aromatic rings. The minimum absolute atomic E-state index is 0.183. The van der Waals surface area contributed by atoms with Gasteiger partial charge in [0.25, 0.3) is 0 Å².